The topological polar surface area (TPSA) is 142 Å². The van der Waals surface area contributed by atoms with Crippen LogP contribution in [0.4, 0.5) is 0 Å². The molecule has 0 saturated heterocycles. The van der Waals surface area contributed by atoms with Crippen molar-refractivity contribution in [3.05, 3.63) is 71.8 Å². The fourth-order valence-corrected chi connectivity index (χ4v) is 3.87. The molecule has 12 heteroatoms. The summed E-state index contributed by atoms with van der Waals surface area (Å²) < 4.78 is 43.1. The van der Waals surface area contributed by atoms with Crippen LogP contribution in [-0.4, -0.2) is 64.8 Å². The van der Waals surface area contributed by atoms with E-state index < -0.39 is 36.4 Å². The number of ketones is 1. The standard InChI is InChI=1S/C32H32O12/c1-19(33)42-23-13-10-21(11-14-23)12-15-29(35)41-18-28(44-31-24(37-3)8-7-9-25(31)38-4)30(36)22-16-26(39-5)32(43-20(2)34)27(17-22)40-6/h7-17,28H,18H2,1-6H3/b15-12+. The highest BCUT2D eigenvalue weighted by molar-refractivity contribution is 6.01. The molecule has 0 aliphatic heterocycles. The lowest BCUT2D eigenvalue weighted by Crippen LogP contribution is -2.33. The predicted molar refractivity (Wildman–Crippen MR) is 157 cm³/mol. The van der Waals surface area contributed by atoms with E-state index >= 15 is 0 Å². The zero-order chi connectivity index (χ0) is 32.2. The highest BCUT2D eigenvalue weighted by atomic mass is 16.6. The van der Waals surface area contributed by atoms with Crippen molar-refractivity contribution in [1.82, 2.24) is 0 Å². The summed E-state index contributed by atoms with van der Waals surface area (Å²) in [5.74, 6) is -1.37. The van der Waals surface area contributed by atoms with Crippen molar-refractivity contribution in [3.63, 3.8) is 0 Å². The Balaban J connectivity index is 1.91. The minimum absolute atomic E-state index is 0.0135. The fourth-order valence-electron chi connectivity index (χ4n) is 3.87. The van der Waals surface area contributed by atoms with Crippen LogP contribution in [0, 0.1) is 0 Å². The van der Waals surface area contributed by atoms with Gasteiger partial charge in [0.1, 0.15) is 12.4 Å². The van der Waals surface area contributed by atoms with Crippen LogP contribution in [0.15, 0.2) is 60.7 Å². The van der Waals surface area contributed by atoms with Crippen molar-refractivity contribution in [2.45, 2.75) is 20.0 Å². The summed E-state index contributed by atoms with van der Waals surface area (Å²) in [5.41, 5.74) is 0.681. The Morgan fingerprint density at radius 2 is 1.25 bits per heavy atom. The Hall–Kier alpha value is -5.52. The van der Waals surface area contributed by atoms with Crippen molar-refractivity contribution < 1.29 is 57.1 Å². The van der Waals surface area contributed by atoms with Crippen LogP contribution >= 0.6 is 0 Å². The number of ether oxygens (including phenoxy) is 8. The summed E-state index contributed by atoms with van der Waals surface area (Å²) in [7, 11) is 5.51. The molecular formula is C32H32O12. The second kappa shape index (κ2) is 15.6. The Bertz CT molecular complexity index is 1480. The number of carbonyl (C=O) groups excluding carboxylic acids is 4. The van der Waals surface area contributed by atoms with E-state index in [1.165, 1.54) is 66.6 Å². The Morgan fingerprint density at radius 1 is 0.705 bits per heavy atom. The Kier molecular flexibility index (Phi) is 11.7. The molecule has 0 bridgehead atoms. The maximum atomic E-state index is 13.8. The van der Waals surface area contributed by atoms with Crippen LogP contribution in [0.25, 0.3) is 6.08 Å². The van der Waals surface area contributed by atoms with Crippen molar-refractivity contribution in [3.8, 4) is 40.2 Å². The van der Waals surface area contributed by atoms with Crippen molar-refractivity contribution in [2.24, 2.45) is 0 Å². The number of esters is 3. The van der Waals surface area contributed by atoms with Gasteiger partial charge in [-0.3, -0.25) is 14.4 Å². The summed E-state index contributed by atoms with van der Waals surface area (Å²) in [6.07, 6.45) is 1.27. The number of Topliss-reactive ketones (excluding diaryl/α,β-unsaturated/α-hetero) is 1. The second-order valence-electron chi connectivity index (χ2n) is 8.89. The second-order valence-corrected chi connectivity index (χ2v) is 8.89. The molecule has 44 heavy (non-hydrogen) atoms. The molecule has 0 aromatic heterocycles. The van der Waals surface area contributed by atoms with Gasteiger partial charge in [-0.15, -0.1) is 0 Å². The first-order valence-corrected chi connectivity index (χ1v) is 13.1. The zero-order valence-corrected chi connectivity index (χ0v) is 25.0. The molecule has 3 rings (SSSR count). The molecule has 0 spiro atoms. The van der Waals surface area contributed by atoms with Gasteiger partial charge in [0.15, 0.2) is 29.1 Å². The quantitative estimate of drug-likeness (QED) is 0.110. The van der Waals surface area contributed by atoms with Crippen LogP contribution in [0.2, 0.25) is 0 Å². The normalized spacial score (nSPS) is 11.2. The maximum absolute atomic E-state index is 13.8. The van der Waals surface area contributed by atoms with Crippen molar-refractivity contribution >= 4 is 29.8 Å². The number of benzene rings is 3. The van der Waals surface area contributed by atoms with E-state index in [0.717, 1.165) is 0 Å². The van der Waals surface area contributed by atoms with E-state index in [1.807, 2.05) is 0 Å². The summed E-state index contributed by atoms with van der Waals surface area (Å²) in [6, 6.07) is 14.0. The molecule has 0 N–H and O–H groups in total. The lowest BCUT2D eigenvalue weighted by atomic mass is 10.0. The molecule has 0 heterocycles. The first-order chi connectivity index (χ1) is 21.1. The van der Waals surface area contributed by atoms with Gasteiger partial charge in [0.05, 0.1) is 28.4 Å². The minimum Gasteiger partial charge on any atom is -0.493 e. The minimum atomic E-state index is -1.39. The van der Waals surface area contributed by atoms with Gasteiger partial charge in [-0.1, -0.05) is 18.2 Å². The van der Waals surface area contributed by atoms with Gasteiger partial charge in [0.2, 0.25) is 17.3 Å². The molecule has 1 unspecified atom stereocenters. The molecule has 0 aliphatic rings. The fraction of sp³-hybridized carbons (Fsp3) is 0.250. The van der Waals surface area contributed by atoms with E-state index in [1.54, 1.807) is 42.5 Å². The van der Waals surface area contributed by atoms with E-state index in [2.05, 4.69) is 0 Å². The van der Waals surface area contributed by atoms with Gasteiger partial charge in [0, 0.05) is 25.5 Å². The molecular weight excluding hydrogens is 576 g/mol. The van der Waals surface area contributed by atoms with E-state index in [9.17, 15) is 19.2 Å². The number of methoxy groups -OCH3 is 4. The first-order valence-electron chi connectivity index (χ1n) is 13.1. The molecule has 1 atom stereocenters. The average molecular weight is 609 g/mol. The third-order valence-electron chi connectivity index (χ3n) is 5.86. The van der Waals surface area contributed by atoms with Crippen LogP contribution in [0.5, 0.6) is 40.2 Å². The smallest absolute Gasteiger partial charge is 0.330 e. The molecule has 12 nitrogen and oxygen atoms in total. The average Bonchev–Trinajstić information content (AvgIpc) is 3.01. The summed E-state index contributed by atoms with van der Waals surface area (Å²) >= 11 is 0. The lowest BCUT2D eigenvalue weighted by Gasteiger charge is -2.22. The van der Waals surface area contributed by atoms with Gasteiger partial charge in [0.25, 0.3) is 0 Å². The van der Waals surface area contributed by atoms with E-state index in [0.29, 0.717) is 11.3 Å². The summed E-state index contributed by atoms with van der Waals surface area (Å²) in [4.78, 5) is 49.2. The molecule has 0 saturated carbocycles. The van der Waals surface area contributed by atoms with Crippen molar-refractivity contribution in [1.29, 1.82) is 0 Å². The number of para-hydroxylation sites is 1. The van der Waals surface area contributed by atoms with Crippen LogP contribution in [0.1, 0.15) is 29.8 Å². The van der Waals surface area contributed by atoms with Gasteiger partial charge >= 0.3 is 17.9 Å². The summed E-state index contributed by atoms with van der Waals surface area (Å²) in [5, 5.41) is 0. The lowest BCUT2D eigenvalue weighted by molar-refractivity contribution is -0.139. The number of carbonyl (C=O) groups is 4. The van der Waals surface area contributed by atoms with Gasteiger partial charge in [-0.25, -0.2) is 4.79 Å². The zero-order valence-electron chi connectivity index (χ0n) is 25.0. The Morgan fingerprint density at radius 3 is 1.75 bits per heavy atom. The van der Waals surface area contributed by atoms with Crippen LogP contribution < -0.4 is 33.2 Å². The number of rotatable bonds is 14. The Labute approximate surface area is 254 Å². The molecule has 232 valence electrons. The van der Waals surface area contributed by atoms with Gasteiger partial charge in [-0.05, 0) is 48.0 Å². The van der Waals surface area contributed by atoms with Crippen LogP contribution in [-0.2, 0) is 19.1 Å². The van der Waals surface area contributed by atoms with Crippen molar-refractivity contribution in [2.75, 3.05) is 35.0 Å². The molecule has 3 aromatic rings. The van der Waals surface area contributed by atoms with E-state index in [-0.39, 0.29) is 40.1 Å². The molecule has 3 aromatic carbocycles. The van der Waals surface area contributed by atoms with Gasteiger partial charge in [-0.2, -0.15) is 0 Å². The largest absolute Gasteiger partial charge is 0.493 e. The molecule has 0 amide bonds. The highest BCUT2D eigenvalue weighted by Crippen LogP contribution is 2.40. The third kappa shape index (κ3) is 8.74. The third-order valence-corrected chi connectivity index (χ3v) is 5.86. The first kappa shape index (κ1) is 33.0. The highest BCUT2D eigenvalue weighted by Gasteiger charge is 2.29. The SMILES string of the molecule is COc1cc(C(=O)C(COC(=O)/C=C/c2ccc(OC(C)=O)cc2)Oc2c(OC)cccc2OC)cc(OC)c1OC(C)=O. The summed E-state index contributed by atoms with van der Waals surface area (Å²) in [6.45, 7) is 1.99. The number of hydrogen-bond donors (Lipinski definition) is 0. The molecule has 0 aliphatic carbocycles. The molecule has 0 radical (unpaired) electrons. The molecule has 0 fully saturated rings. The van der Waals surface area contributed by atoms with Crippen LogP contribution in [0.3, 0.4) is 0 Å². The monoisotopic (exact) mass is 608 g/mol. The maximum Gasteiger partial charge on any atom is 0.330 e. The predicted octanol–water partition coefficient (Wildman–Crippen LogP) is 4.46. The van der Waals surface area contributed by atoms with E-state index in [4.69, 9.17) is 37.9 Å². The number of hydrogen-bond acceptors (Lipinski definition) is 12. The van der Waals surface area contributed by atoms with Gasteiger partial charge < -0.3 is 37.9 Å².